The molecular weight excluding hydrogens is 232 g/mol. The van der Waals surface area contributed by atoms with Gasteiger partial charge >= 0.3 is 0 Å². The summed E-state index contributed by atoms with van der Waals surface area (Å²) in [6, 6.07) is 4.55. The zero-order chi connectivity index (χ0) is 11.7. The molecule has 1 aromatic rings. The fourth-order valence-corrected chi connectivity index (χ4v) is 3.47. The van der Waals surface area contributed by atoms with Crippen LogP contribution in [0.15, 0.2) is 24.3 Å². The molecule has 4 heteroatoms. The highest BCUT2D eigenvalue weighted by Crippen LogP contribution is 2.30. The molecule has 0 saturated carbocycles. The Labute approximate surface area is 105 Å². The molecule has 1 saturated heterocycles. The third-order valence-electron chi connectivity index (χ3n) is 3.35. The largest absolute Gasteiger partial charge is 0.331 e. The first-order valence-electron chi connectivity index (χ1n) is 6.12. The average Bonchev–Trinajstić information content (AvgIpc) is 3.09. The Hall–Kier alpha value is -1.13. The molecule has 1 amide bonds. The molecule has 0 aliphatic carbocycles. The maximum absolute atomic E-state index is 12.2. The molecule has 0 aromatic carbocycles. The van der Waals surface area contributed by atoms with Gasteiger partial charge in [0.25, 0.3) is 5.91 Å². The molecule has 3 rings (SSSR count). The third kappa shape index (κ3) is 2.15. The van der Waals surface area contributed by atoms with Crippen molar-refractivity contribution < 1.29 is 4.79 Å². The van der Waals surface area contributed by atoms with Crippen molar-refractivity contribution >= 4 is 17.2 Å². The number of hydrogen-bond donors (Lipinski definition) is 1. The van der Waals surface area contributed by atoms with Crippen molar-refractivity contribution in [3.05, 3.63) is 34.0 Å². The highest BCUT2D eigenvalue weighted by Gasteiger charge is 2.22. The number of carbonyl (C=O) groups is 1. The van der Waals surface area contributed by atoms with Crippen LogP contribution in [-0.2, 0) is 0 Å². The average molecular weight is 248 g/mol. The number of nitrogens with zero attached hydrogens (tertiary/aromatic N) is 1. The standard InChI is InChI=1S/C13H16N2OS/c16-13(15-8-1-2-9-15)12-6-5-11(17-12)10-4-3-7-14-10/h1-2,5-6,10,14H,3-4,7-9H2. The van der Waals surface area contributed by atoms with Crippen LogP contribution in [0.2, 0.25) is 0 Å². The van der Waals surface area contributed by atoms with Gasteiger partial charge in [-0.1, -0.05) is 12.2 Å². The van der Waals surface area contributed by atoms with Gasteiger partial charge in [0.2, 0.25) is 0 Å². The molecule has 3 nitrogen and oxygen atoms in total. The van der Waals surface area contributed by atoms with E-state index in [0.29, 0.717) is 6.04 Å². The normalized spacial score (nSPS) is 23.5. The van der Waals surface area contributed by atoms with E-state index in [1.54, 1.807) is 11.3 Å². The van der Waals surface area contributed by atoms with Crippen molar-refractivity contribution in [2.24, 2.45) is 0 Å². The first-order chi connectivity index (χ1) is 8.34. The number of nitrogens with one attached hydrogen (secondary N) is 1. The number of rotatable bonds is 2. The zero-order valence-electron chi connectivity index (χ0n) is 9.69. The van der Waals surface area contributed by atoms with Crippen molar-refractivity contribution in [1.82, 2.24) is 10.2 Å². The molecule has 1 atom stereocenters. The minimum atomic E-state index is 0.171. The van der Waals surface area contributed by atoms with E-state index in [0.717, 1.165) is 24.5 Å². The lowest BCUT2D eigenvalue weighted by Gasteiger charge is -2.13. The van der Waals surface area contributed by atoms with E-state index in [1.165, 1.54) is 17.7 Å². The third-order valence-corrected chi connectivity index (χ3v) is 4.53. The van der Waals surface area contributed by atoms with Gasteiger partial charge in [-0.25, -0.2) is 0 Å². The van der Waals surface area contributed by atoms with Crippen LogP contribution < -0.4 is 5.32 Å². The monoisotopic (exact) mass is 248 g/mol. The summed E-state index contributed by atoms with van der Waals surface area (Å²) in [4.78, 5) is 16.2. The second kappa shape index (κ2) is 4.63. The highest BCUT2D eigenvalue weighted by molar-refractivity contribution is 7.14. The summed E-state index contributed by atoms with van der Waals surface area (Å²) in [5.74, 6) is 0.171. The van der Waals surface area contributed by atoms with Crippen molar-refractivity contribution in [2.45, 2.75) is 18.9 Å². The molecule has 3 heterocycles. The Kier molecular flexibility index (Phi) is 2.99. The van der Waals surface area contributed by atoms with E-state index < -0.39 is 0 Å². The summed E-state index contributed by atoms with van der Waals surface area (Å²) in [7, 11) is 0. The Bertz CT molecular complexity index is 438. The van der Waals surface area contributed by atoms with Gasteiger partial charge in [0.05, 0.1) is 4.88 Å². The molecular formula is C13H16N2OS. The number of amides is 1. The Morgan fingerprint density at radius 2 is 2.18 bits per heavy atom. The highest BCUT2D eigenvalue weighted by atomic mass is 32.1. The summed E-state index contributed by atoms with van der Waals surface area (Å²) in [6.45, 7) is 2.61. The molecule has 2 aliphatic heterocycles. The SMILES string of the molecule is O=C(c1ccc(C2CCCN2)s1)N1CC=CC1. The van der Waals surface area contributed by atoms with Gasteiger partial charge in [-0.2, -0.15) is 0 Å². The fraction of sp³-hybridized carbons (Fsp3) is 0.462. The van der Waals surface area contributed by atoms with Crippen LogP contribution in [0.1, 0.15) is 33.4 Å². The number of hydrogen-bond acceptors (Lipinski definition) is 3. The number of thiophene rings is 1. The van der Waals surface area contributed by atoms with Crippen molar-refractivity contribution in [2.75, 3.05) is 19.6 Å². The first-order valence-corrected chi connectivity index (χ1v) is 6.93. The summed E-state index contributed by atoms with van der Waals surface area (Å²) < 4.78 is 0. The van der Waals surface area contributed by atoms with Crippen LogP contribution in [-0.4, -0.2) is 30.4 Å². The molecule has 0 radical (unpaired) electrons. The lowest BCUT2D eigenvalue weighted by Crippen LogP contribution is -2.27. The molecule has 1 fully saturated rings. The van der Waals surface area contributed by atoms with Crippen molar-refractivity contribution in [3.63, 3.8) is 0 Å². The van der Waals surface area contributed by atoms with Crippen LogP contribution in [0.4, 0.5) is 0 Å². The van der Waals surface area contributed by atoms with Crippen molar-refractivity contribution in [1.29, 1.82) is 0 Å². The van der Waals surface area contributed by atoms with Crippen LogP contribution in [0.5, 0.6) is 0 Å². The summed E-state index contributed by atoms with van der Waals surface area (Å²) in [5, 5.41) is 3.47. The smallest absolute Gasteiger partial charge is 0.264 e. The molecule has 1 unspecified atom stereocenters. The van der Waals surface area contributed by atoms with Crippen LogP contribution in [0, 0.1) is 0 Å². The van der Waals surface area contributed by atoms with Gasteiger partial charge in [0, 0.05) is 24.0 Å². The van der Waals surface area contributed by atoms with Gasteiger partial charge in [0.15, 0.2) is 0 Å². The van der Waals surface area contributed by atoms with Crippen LogP contribution in [0.25, 0.3) is 0 Å². The van der Waals surface area contributed by atoms with Crippen LogP contribution in [0.3, 0.4) is 0 Å². The molecule has 1 aromatic heterocycles. The molecule has 0 spiro atoms. The van der Waals surface area contributed by atoms with E-state index >= 15 is 0 Å². The maximum atomic E-state index is 12.2. The Balaban J connectivity index is 1.73. The van der Waals surface area contributed by atoms with E-state index in [-0.39, 0.29) is 5.91 Å². The second-order valence-corrected chi connectivity index (χ2v) is 5.65. The first kappa shape index (κ1) is 11.0. The lowest BCUT2D eigenvalue weighted by atomic mass is 10.2. The minimum Gasteiger partial charge on any atom is -0.331 e. The van der Waals surface area contributed by atoms with Gasteiger partial charge in [0.1, 0.15) is 0 Å². The lowest BCUT2D eigenvalue weighted by molar-refractivity contribution is 0.0805. The summed E-state index contributed by atoms with van der Waals surface area (Å²) >= 11 is 1.64. The predicted octanol–water partition coefficient (Wildman–Crippen LogP) is 2.18. The predicted molar refractivity (Wildman–Crippen MR) is 69.3 cm³/mol. The van der Waals surface area contributed by atoms with Gasteiger partial charge in [-0.15, -0.1) is 11.3 Å². The minimum absolute atomic E-state index is 0.171. The molecule has 17 heavy (non-hydrogen) atoms. The summed E-state index contributed by atoms with van der Waals surface area (Å²) in [6.07, 6.45) is 6.52. The molecule has 0 bridgehead atoms. The Morgan fingerprint density at radius 1 is 1.35 bits per heavy atom. The van der Waals surface area contributed by atoms with Gasteiger partial charge in [-0.3, -0.25) is 4.79 Å². The number of carbonyl (C=O) groups excluding carboxylic acids is 1. The topological polar surface area (TPSA) is 32.3 Å². The molecule has 1 N–H and O–H groups in total. The Morgan fingerprint density at radius 3 is 2.88 bits per heavy atom. The quantitative estimate of drug-likeness (QED) is 0.814. The van der Waals surface area contributed by atoms with E-state index in [4.69, 9.17) is 0 Å². The second-order valence-electron chi connectivity index (χ2n) is 4.53. The molecule has 90 valence electrons. The van der Waals surface area contributed by atoms with Crippen molar-refractivity contribution in [3.8, 4) is 0 Å². The zero-order valence-corrected chi connectivity index (χ0v) is 10.5. The van der Waals surface area contributed by atoms with Crippen LogP contribution >= 0.6 is 11.3 Å². The summed E-state index contributed by atoms with van der Waals surface area (Å²) in [5.41, 5.74) is 0. The van der Waals surface area contributed by atoms with E-state index in [2.05, 4.69) is 11.4 Å². The fourth-order valence-electron chi connectivity index (χ4n) is 2.38. The van der Waals surface area contributed by atoms with E-state index in [9.17, 15) is 4.79 Å². The van der Waals surface area contributed by atoms with Gasteiger partial charge < -0.3 is 10.2 Å². The molecule has 2 aliphatic rings. The maximum Gasteiger partial charge on any atom is 0.264 e. The van der Waals surface area contributed by atoms with E-state index in [1.807, 2.05) is 23.1 Å². The van der Waals surface area contributed by atoms with Gasteiger partial charge in [-0.05, 0) is 31.5 Å².